The largest absolute Gasteiger partial charge is 0.464 e. The minimum absolute atomic E-state index is 0.108. The number of amides is 1. The van der Waals surface area contributed by atoms with Gasteiger partial charge >= 0.3 is 5.97 Å². The van der Waals surface area contributed by atoms with Crippen molar-refractivity contribution < 1.29 is 18.7 Å². The Kier molecular flexibility index (Phi) is 5.65. The van der Waals surface area contributed by atoms with E-state index in [1.54, 1.807) is 24.4 Å². The fourth-order valence-corrected chi connectivity index (χ4v) is 2.76. The molecule has 1 aromatic carbocycles. The Morgan fingerprint density at radius 3 is 2.74 bits per heavy atom. The summed E-state index contributed by atoms with van der Waals surface area (Å²) in [5.41, 5.74) is 0.595. The van der Waals surface area contributed by atoms with Gasteiger partial charge in [0.15, 0.2) is 11.5 Å². The molecule has 140 valence electrons. The number of hydrogen-bond acceptors (Lipinski definition) is 5. The van der Waals surface area contributed by atoms with Crippen LogP contribution in [0.1, 0.15) is 16.1 Å². The van der Waals surface area contributed by atoms with Crippen molar-refractivity contribution in [3.63, 3.8) is 0 Å². The second-order valence-corrected chi connectivity index (χ2v) is 6.41. The maximum atomic E-state index is 13.8. The van der Waals surface area contributed by atoms with E-state index in [-0.39, 0.29) is 30.5 Å². The molecule has 27 heavy (non-hydrogen) atoms. The topological polar surface area (TPSA) is 91.0 Å². The van der Waals surface area contributed by atoms with E-state index < -0.39 is 5.97 Å². The Bertz CT molecular complexity index is 985. The summed E-state index contributed by atoms with van der Waals surface area (Å²) in [6.45, 7) is 0.117. The molecule has 10 heteroatoms. The SMILES string of the molecule is COC(=O)c1ccn(CC(=O)Nc2nn(Cc3ccccc3F)cc2Br)n1. The molecule has 0 atom stereocenters. The lowest BCUT2D eigenvalue weighted by molar-refractivity contribution is -0.116. The fraction of sp³-hybridized carbons (Fsp3) is 0.176. The molecule has 0 saturated carbocycles. The molecule has 0 aliphatic rings. The Hall–Kier alpha value is -3.01. The van der Waals surface area contributed by atoms with Crippen LogP contribution in [0.15, 0.2) is 47.2 Å². The van der Waals surface area contributed by atoms with Crippen LogP contribution in [0.4, 0.5) is 10.2 Å². The second-order valence-electron chi connectivity index (χ2n) is 5.55. The fourth-order valence-electron chi connectivity index (χ4n) is 2.35. The molecule has 8 nitrogen and oxygen atoms in total. The first-order valence-electron chi connectivity index (χ1n) is 7.84. The molecular formula is C17H15BrFN5O3. The maximum Gasteiger partial charge on any atom is 0.358 e. The van der Waals surface area contributed by atoms with Crippen molar-refractivity contribution in [1.29, 1.82) is 0 Å². The number of carbonyl (C=O) groups is 2. The highest BCUT2D eigenvalue weighted by Gasteiger charge is 2.14. The zero-order valence-electron chi connectivity index (χ0n) is 14.2. The van der Waals surface area contributed by atoms with Crippen molar-refractivity contribution in [2.75, 3.05) is 12.4 Å². The molecule has 0 unspecified atom stereocenters. The third-order valence-corrected chi connectivity index (χ3v) is 4.19. The smallest absolute Gasteiger partial charge is 0.358 e. The van der Waals surface area contributed by atoms with Gasteiger partial charge in [0.25, 0.3) is 0 Å². The number of nitrogens with one attached hydrogen (secondary N) is 1. The van der Waals surface area contributed by atoms with Gasteiger partial charge in [0.05, 0.1) is 18.1 Å². The maximum absolute atomic E-state index is 13.8. The molecule has 2 heterocycles. The Morgan fingerprint density at radius 1 is 1.22 bits per heavy atom. The average Bonchev–Trinajstić information content (AvgIpc) is 3.23. The molecule has 3 aromatic rings. The highest BCUT2D eigenvalue weighted by molar-refractivity contribution is 9.10. The standard InChI is InChI=1S/C17H15BrFN5O3/c1-27-17(26)14-6-7-23(21-14)10-15(25)20-16-12(18)9-24(22-16)8-11-4-2-3-5-13(11)19/h2-7,9H,8,10H2,1H3,(H,20,22,25). The predicted octanol–water partition coefficient (Wildman–Crippen LogP) is 2.45. The third-order valence-electron chi connectivity index (χ3n) is 3.61. The number of hydrogen-bond donors (Lipinski definition) is 1. The lowest BCUT2D eigenvalue weighted by atomic mass is 10.2. The molecule has 0 fully saturated rings. The van der Waals surface area contributed by atoms with Gasteiger partial charge in [-0.25, -0.2) is 9.18 Å². The predicted molar refractivity (Wildman–Crippen MR) is 97.6 cm³/mol. The van der Waals surface area contributed by atoms with Gasteiger partial charge in [-0.1, -0.05) is 18.2 Å². The summed E-state index contributed by atoms with van der Waals surface area (Å²) in [5, 5.41) is 10.8. The molecule has 0 saturated heterocycles. The van der Waals surface area contributed by atoms with Gasteiger partial charge in [-0.15, -0.1) is 0 Å². The lowest BCUT2D eigenvalue weighted by Crippen LogP contribution is -2.20. The van der Waals surface area contributed by atoms with Crippen LogP contribution in [0.5, 0.6) is 0 Å². The highest BCUT2D eigenvalue weighted by atomic mass is 79.9. The first kappa shape index (κ1) is 18.8. The summed E-state index contributed by atoms with van der Waals surface area (Å²) in [6.07, 6.45) is 3.14. The number of ether oxygens (including phenoxy) is 1. The quantitative estimate of drug-likeness (QED) is 0.600. The van der Waals surface area contributed by atoms with E-state index >= 15 is 0 Å². The molecule has 1 amide bonds. The number of methoxy groups -OCH3 is 1. The number of halogens is 2. The summed E-state index contributed by atoms with van der Waals surface area (Å²) in [7, 11) is 1.25. The van der Waals surface area contributed by atoms with Gasteiger partial charge in [0.2, 0.25) is 5.91 Å². The molecule has 2 aromatic heterocycles. The van der Waals surface area contributed by atoms with Crippen LogP contribution in [0.3, 0.4) is 0 Å². The van der Waals surface area contributed by atoms with Crippen LogP contribution >= 0.6 is 15.9 Å². The Morgan fingerprint density at radius 2 is 2.00 bits per heavy atom. The summed E-state index contributed by atoms with van der Waals surface area (Å²) < 4.78 is 21.7. The van der Waals surface area contributed by atoms with Gasteiger partial charge in [0, 0.05) is 18.0 Å². The second kappa shape index (κ2) is 8.12. The molecular weight excluding hydrogens is 421 g/mol. The number of nitrogens with zero attached hydrogens (tertiary/aromatic N) is 4. The Labute approximate surface area is 162 Å². The number of esters is 1. The number of rotatable bonds is 6. The van der Waals surface area contributed by atoms with Crippen molar-refractivity contribution in [3.05, 3.63) is 64.3 Å². The monoisotopic (exact) mass is 435 g/mol. The van der Waals surface area contributed by atoms with E-state index in [4.69, 9.17) is 0 Å². The molecule has 3 rings (SSSR count). The van der Waals surface area contributed by atoms with E-state index in [9.17, 15) is 14.0 Å². The first-order chi connectivity index (χ1) is 13.0. The van der Waals surface area contributed by atoms with Gasteiger partial charge in [-0.3, -0.25) is 14.2 Å². The first-order valence-corrected chi connectivity index (χ1v) is 8.63. The van der Waals surface area contributed by atoms with Gasteiger partial charge in [-0.05, 0) is 28.1 Å². The number of carbonyl (C=O) groups excluding carboxylic acids is 2. The van der Waals surface area contributed by atoms with Gasteiger partial charge in [-0.2, -0.15) is 10.2 Å². The third kappa shape index (κ3) is 4.59. The molecule has 0 radical (unpaired) electrons. The van der Waals surface area contributed by atoms with E-state index in [0.717, 1.165) is 0 Å². The molecule has 0 aliphatic heterocycles. The molecule has 0 spiro atoms. The Balaban J connectivity index is 1.64. The van der Waals surface area contributed by atoms with E-state index in [2.05, 4.69) is 36.2 Å². The molecule has 0 aliphatic carbocycles. The van der Waals surface area contributed by atoms with Crippen LogP contribution in [0, 0.1) is 5.82 Å². The van der Waals surface area contributed by atoms with Crippen LogP contribution in [-0.2, 0) is 22.6 Å². The minimum Gasteiger partial charge on any atom is -0.464 e. The van der Waals surface area contributed by atoms with Crippen molar-refractivity contribution >= 4 is 33.6 Å². The number of benzene rings is 1. The lowest BCUT2D eigenvalue weighted by Gasteiger charge is -2.04. The minimum atomic E-state index is -0.580. The van der Waals surface area contributed by atoms with Crippen LogP contribution in [0.25, 0.3) is 0 Å². The van der Waals surface area contributed by atoms with Gasteiger partial charge in [0.1, 0.15) is 12.4 Å². The van der Waals surface area contributed by atoms with Crippen LogP contribution in [-0.4, -0.2) is 38.5 Å². The van der Waals surface area contributed by atoms with E-state index in [0.29, 0.717) is 15.9 Å². The van der Waals surface area contributed by atoms with Crippen molar-refractivity contribution in [1.82, 2.24) is 19.6 Å². The van der Waals surface area contributed by atoms with Gasteiger partial charge < -0.3 is 10.1 Å². The van der Waals surface area contributed by atoms with Crippen molar-refractivity contribution in [3.8, 4) is 0 Å². The zero-order valence-corrected chi connectivity index (χ0v) is 15.8. The summed E-state index contributed by atoms with van der Waals surface area (Å²) in [6, 6.07) is 7.86. The normalized spacial score (nSPS) is 10.6. The summed E-state index contributed by atoms with van der Waals surface area (Å²) >= 11 is 3.32. The van der Waals surface area contributed by atoms with Crippen molar-refractivity contribution in [2.45, 2.75) is 13.1 Å². The van der Waals surface area contributed by atoms with E-state index in [1.807, 2.05) is 0 Å². The summed E-state index contributed by atoms with van der Waals surface area (Å²) in [4.78, 5) is 23.6. The average molecular weight is 436 g/mol. The van der Waals surface area contributed by atoms with Crippen LogP contribution in [0.2, 0.25) is 0 Å². The number of anilines is 1. The van der Waals surface area contributed by atoms with Crippen LogP contribution < -0.4 is 5.32 Å². The molecule has 1 N–H and O–H groups in total. The van der Waals surface area contributed by atoms with Crippen molar-refractivity contribution in [2.24, 2.45) is 0 Å². The molecule has 0 bridgehead atoms. The zero-order chi connectivity index (χ0) is 19.4. The highest BCUT2D eigenvalue weighted by Crippen LogP contribution is 2.21. The summed E-state index contributed by atoms with van der Waals surface area (Å²) in [5.74, 6) is -0.985. The van der Waals surface area contributed by atoms with E-state index in [1.165, 1.54) is 34.8 Å². The number of aromatic nitrogens is 4.